The highest BCUT2D eigenvalue weighted by Crippen LogP contribution is 2.17. The first kappa shape index (κ1) is 17.1. The lowest BCUT2D eigenvalue weighted by molar-refractivity contribution is 0.0698. The van der Waals surface area contributed by atoms with E-state index in [1.54, 1.807) is 30.6 Å². The first-order valence-corrected chi connectivity index (χ1v) is 8.63. The molecule has 2 amide bonds. The number of carbonyl (C=O) groups excluding carboxylic acids is 2. The first-order valence-electron chi connectivity index (χ1n) is 8.63. The van der Waals surface area contributed by atoms with Crippen LogP contribution in [0.1, 0.15) is 40.5 Å². The summed E-state index contributed by atoms with van der Waals surface area (Å²) in [4.78, 5) is 29.4. The molecule has 132 valence electrons. The minimum atomic E-state index is -0.0717. The topological polar surface area (TPSA) is 74.4 Å². The zero-order valence-electron chi connectivity index (χ0n) is 14.3. The van der Waals surface area contributed by atoms with E-state index >= 15 is 0 Å². The Balaban J connectivity index is 1.51. The van der Waals surface area contributed by atoms with Crippen molar-refractivity contribution in [1.29, 1.82) is 0 Å². The molecule has 0 atom stereocenters. The molecule has 1 saturated heterocycles. The lowest BCUT2D eigenvalue weighted by Gasteiger charge is -2.32. The molecule has 2 aromatic rings. The Morgan fingerprint density at radius 1 is 1.16 bits per heavy atom. The van der Waals surface area contributed by atoms with Gasteiger partial charge in [0.25, 0.3) is 11.8 Å². The third kappa shape index (κ3) is 4.21. The number of rotatable bonds is 5. The number of hydrogen-bond acceptors (Lipinski definition) is 3. The third-order valence-electron chi connectivity index (χ3n) is 4.39. The van der Waals surface area contributed by atoms with E-state index in [0.29, 0.717) is 30.8 Å². The number of piperidine rings is 1. The maximum Gasteiger partial charge on any atom is 0.253 e. The number of hydrogen-bond donors (Lipinski definition) is 2. The van der Waals surface area contributed by atoms with Crippen LogP contribution >= 0.6 is 0 Å². The van der Waals surface area contributed by atoms with E-state index in [4.69, 9.17) is 4.74 Å². The van der Waals surface area contributed by atoms with Crippen molar-refractivity contribution >= 4 is 11.8 Å². The number of aromatic amines is 1. The SMILES string of the molecule is CCOc1ccc(C(=O)N2CCC(NC(=O)c3cc[nH]c3)CC2)cc1. The number of nitrogens with zero attached hydrogens (tertiary/aromatic N) is 1. The molecule has 0 radical (unpaired) electrons. The van der Waals surface area contributed by atoms with Crippen molar-refractivity contribution in [2.75, 3.05) is 19.7 Å². The fourth-order valence-corrected chi connectivity index (χ4v) is 3.00. The van der Waals surface area contributed by atoms with E-state index in [-0.39, 0.29) is 17.9 Å². The molecule has 3 rings (SSSR count). The molecular formula is C19H23N3O3. The summed E-state index contributed by atoms with van der Waals surface area (Å²) in [5.74, 6) is 0.723. The van der Waals surface area contributed by atoms with Crippen LogP contribution in [0.3, 0.4) is 0 Å². The number of benzene rings is 1. The Hall–Kier alpha value is -2.76. The summed E-state index contributed by atoms with van der Waals surface area (Å²) < 4.78 is 5.40. The van der Waals surface area contributed by atoms with Crippen molar-refractivity contribution < 1.29 is 14.3 Å². The molecule has 2 N–H and O–H groups in total. The van der Waals surface area contributed by atoms with Gasteiger partial charge in [-0.15, -0.1) is 0 Å². The minimum absolute atomic E-state index is 0.0264. The van der Waals surface area contributed by atoms with Gasteiger partial charge in [-0.05, 0) is 50.1 Å². The third-order valence-corrected chi connectivity index (χ3v) is 4.39. The van der Waals surface area contributed by atoms with Crippen molar-refractivity contribution in [1.82, 2.24) is 15.2 Å². The van der Waals surface area contributed by atoms with Crippen LogP contribution in [0.25, 0.3) is 0 Å². The summed E-state index contributed by atoms with van der Waals surface area (Å²) in [6.07, 6.45) is 4.94. The summed E-state index contributed by atoms with van der Waals surface area (Å²) in [6.45, 7) is 3.82. The molecular weight excluding hydrogens is 318 g/mol. The smallest absolute Gasteiger partial charge is 0.253 e. The van der Waals surface area contributed by atoms with E-state index in [9.17, 15) is 9.59 Å². The Morgan fingerprint density at radius 3 is 2.48 bits per heavy atom. The molecule has 1 aliphatic rings. The summed E-state index contributed by atoms with van der Waals surface area (Å²) in [5.41, 5.74) is 1.30. The molecule has 0 saturated carbocycles. The van der Waals surface area contributed by atoms with Gasteiger partial charge in [0.1, 0.15) is 5.75 Å². The van der Waals surface area contributed by atoms with Crippen LogP contribution in [-0.4, -0.2) is 47.4 Å². The highest BCUT2D eigenvalue weighted by atomic mass is 16.5. The van der Waals surface area contributed by atoms with E-state index in [1.807, 2.05) is 24.0 Å². The number of amides is 2. The zero-order valence-corrected chi connectivity index (χ0v) is 14.3. The van der Waals surface area contributed by atoms with E-state index in [0.717, 1.165) is 18.6 Å². The van der Waals surface area contributed by atoms with Crippen LogP contribution in [0.2, 0.25) is 0 Å². The predicted molar refractivity (Wildman–Crippen MR) is 94.8 cm³/mol. The molecule has 1 aromatic heterocycles. The highest BCUT2D eigenvalue weighted by Gasteiger charge is 2.25. The molecule has 2 heterocycles. The van der Waals surface area contributed by atoms with Gasteiger partial charge in [0.05, 0.1) is 12.2 Å². The maximum absolute atomic E-state index is 12.6. The summed E-state index contributed by atoms with van der Waals surface area (Å²) in [6, 6.07) is 9.09. The second kappa shape index (κ2) is 7.88. The minimum Gasteiger partial charge on any atom is -0.494 e. The molecule has 1 aliphatic heterocycles. The fourth-order valence-electron chi connectivity index (χ4n) is 3.00. The molecule has 6 nitrogen and oxygen atoms in total. The number of ether oxygens (including phenoxy) is 1. The number of aromatic nitrogens is 1. The van der Waals surface area contributed by atoms with Gasteiger partial charge in [0.2, 0.25) is 0 Å². The Bertz CT molecular complexity index is 702. The van der Waals surface area contributed by atoms with Crippen molar-refractivity contribution in [3.05, 3.63) is 53.9 Å². The normalized spacial score (nSPS) is 15.0. The van der Waals surface area contributed by atoms with Crippen LogP contribution < -0.4 is 10.1 Å². The second-order valence-corrected chi connectivity index (χ2v) is 6.10. The number of carbonyl (C=O) groups is 2. The monoisotopic (exact) mass is 341 g/mol. The molecule has 6 heteroatoms. The van der Waals surface area contributed by atoms with E-state index < -0.39 is 0 Å². The predicted octanol–water partition coefficient (Wildman–Crippen LogP) is 2.45. The van der Waals surface area contributed by atoms with Crippen LogP contribution in [0.15, 0.2) is 42.7 Å². The summed E-state index contributed by atoms with van der Waals surface area (Å²) >= 11 is 0. The maximum atomic E-state index is 12.6. The zero-order chi connectivity index (χ0) is 17.6. The Labute approximate surface area is 147 Å². The van der Waals surface area contributed by atoms with Gasteiger partial charge in [-0.25, -0.2) is 0 Å². The Morgan fingerprint density at radius 2 is 1.88 bits per heavy atom. The van der Waals surface area contributed by atoms with Gasteiger partial charge in [-0.1, -0.05) is 0 Å². The summed E-state index contributed by atoms with van der Waals surface area (Å²) in [5, 5.41) is 3.03. The molecule has 0 bridgehead atoms. The number of likely N-dealkylation sites (tertiary alicyclic amines) is 1. The molecule has 0 unspecified atom stereocenters. The molecule has 1 fully saturated rings. The largest absolute Gasteiger partial charge is 0.494 e. The molecule has 25 heavy (non-hydrogen) atoms. The molecule has 1 aromatic carbocycles. The van der Waals surface area contributed by atoms with E-state index in [2.05, 4.69) is 10.3 Å². The fraction of sp³-hybridized carbons (Fsp3) is 0.368. The van der Waals surface area contributed by atoms with Crippen LogP contribution in [-0.2, 0) is 0 Å². The number of nitrogens with one attached hydrogen (secondary N) is 2. The lowest BCUT2D eigenvalue weighted by atomic mass is 10.0. The van der Waals surface area contributed by atoms with Crippen molar-refractivity contribution in [2.24, 2.45) is 0 Å². The van der Waals surface area contributed by atoms with Crippen molar-refractivity contribution in [3.8, 4) is 5.75 Å². The van der Waals surface area contributed by atoms with Gasteiger partial charge < -0.3 is 19.9 Å². The lowest BCUT2D eigenvalue weighted by Crippen LogP contribution is -2.46. The average molecular weight is 341 g/mol. The van der Waals surface area contributed by atoms with E-state index in [1.165, 1.54) is 0 Å². The van der Waals surface area contributed by atoms with Crippen molar-refractivity contribution in [2.45, 2.75) is 25.8 Å². The second-order valence-electron chi connectivity index (χ2n) is 6.10. The van der Waals surface area contributed by atoms with Crippen LogP contribution in [0.4, 0.5) is 0 Å². The van der Waals surface area contributed by atoms with Gasteiger partial charge >= 0.3 is 0 Å². The molecule has 0 spiro atoms. The standard InChI is InChI=1S/C19H23N3O3/c1-2-25-17-5-3-14(4-6-17)19(24)22-11-8-16(9-12-22)21-18(23)15-7-10-20-13-15/h3-7,10,13,16,20H,2,8-9,11-12H2,1H3,(H,21,23). The van der Waals surface area contributed by atoms with Crippen LogP contribution in [0, 0.1) is 0 Å². The highest BCUT2D eigenvalue weighted by molar-refractivity contribution is 5.95. The average Bonchev–Trinajstić information content (AvgIpc) is 3.18. The summed E-state index contributed by atoms with van der Waals surface area (Å²) in [7, 11) is 0. The Kier molecular flexibility index (Phi) is 5.38. The van der Waals surface area contributed by atoms with Crippen LogP contribution in [0.5, 0.6) is 5.75 Å². The van der Waals surface area contributed by atoms with Gasteiger partial charge in [0, 0.05) is 37.1 Å². The van der Waals surface area contributed by atoms with Gasteiger partial charge in [-0.2, -0.15) is 0 Å². The first-order chi connectivity index (χ1) is 12.2. The van der Waals surface area contributed by atoms with Gasteiger partial charge in [0.15, 0.2) is 0 Å². The quantitative estimate of drug-likeness (QED) is 0.877. The van der Waals surface area contributed by atoms with Gasteiger partial charge in [-0.3, -0.25) is 9.59 Å². The number of H-pyrrole nitrogens is 1. The van der Waals surface area contributed by atoms with Crippen molar-refractivity contribution in [3.63, 3.8) is 0 Å². The molecule has 0 aliphatic carbocycles.